The molecular formula is C50H34N8Pt2-4. The summed E-state index contributed by atoms with van der Waals surface area (Å²) in [5, 5.41) is 0. The van der Waals surface area contributed by atoms with Crippen molar-refractivity contribution in [3.05, 3.63) is 207 Å². The van der Waals surface area contributed by atoms with Crippen molar-refractivity contribution in [2.75, 3.05) is 9.80 Å². The Kier molecular flexibility index (Phi) is 11.7. The Morgan fingerprint density at radius 1 is 0.417 bits per heavy atom. The van der Waals surface area contributed by atoms with Gasteiger partial charge in [0.2, 0.25) is 12.7 Å². The van der Waals surface area contributed by atoms with Crippen LogP contribution in [0.4, 0.5) is 34.1 Å². The summed E-state index contributed by atoms with van der Waals surface area (Å²) in [7, 11) is 4.01. The van der Waals surface area contributed by atoms with Gasteiger partial charge in [-0.15, -0.1) is 35.7 Å². The van der Waals surface area contributed by atoms with Gasteiger partial charge in [0.15, 0.2) is 0 Å². The number of aromatic nitrogens is 6. The number of hydrogen-bond donors (Lipinski definition) is 0. The molecular weight excluding hydrogens is 1100 g/mol. The summed E-state index contributed by atoms with van der Waals surface area (Å²) in [6.45, 7) is 0. The average molecular weight is 1140 g/mol. The van der Waals surface area contributed by atoms with Gasteiger partial charge in [0, 0.05) is 53.5 Å². The van der Waals surface area contributed by atoms with Crippen LogP contribution < -0.4 is 18.9 Å². The Balaban J connectivity index is 0.00000249. The van der Waals surface area contributed by atoms with Crippen LogP contribution in [0.5, 0.6) is 0 Å². The third-order valence-electron chi connectivity index (χ3n) is 10.1. The Bertz CT molecular complexity index is 2860. The summed E-state index contributed by atoms with van der Waals surface area (Å²) >= 11 is 0. The standard InChI is InChI=1S/C50H34N8.2Pt/c1-53-35-55(49-25-11-9-23-47(49)53)39-19-13-21-41(31-39)57(37-15-5-3-6-16-37)43-27-29-51-45(33-43)46-34-44(28-30-52-46)58(38-17-7-4-8-18-38)42-22-14-20-40(32-42)56-36-54(2)48-24-10-12-26-50(48)56;;/h3-30H,1-2H3;;/q-4;;. The van der Waals surface area contributed by atoms with Crippen molar-refractivity contribution in [3.8, 4) is 22.8 Å². The molecule has 0 aliphatic carbocycles. The molecule has 0 amide bonds. The zero-order valence-electron chi connectivity index (χ0n) is 32.4. The fraction of sp³-hybridized carbons (Fsp3) is 0.0400. The topological polar surface area (TPSA) is 49.9 Å². The average Bonchev–Trinajstić information content (AvgIpc) is 3.81. The number of imidazole rings is 2. The van der Waals surface area contributed by atoms with E-state index in [0.717, 1.165) is 67.6 Å². The maximum absolute atomic E-state index is 4.78. The molecule has 10 rings (SSSR count). The zero-order chi connectivity index (χ0) is 39.0. The van der Waals surface area contributed by atoms with Gasteiger partial charge in [0.25, 0.3) is 0 Å². The number of hydrogen-bond acceptors (Lipinski definition) is 4. The monoisotopic (exact) mass is 1140 g/mol. The molecule has 4 aromatic heterocycles. The summed E-state index contributed by atoms with van der Waals surface area (Å²) in [6, 6.07) is 67.7. The fourth-order valence-corrected chi connectivity index (χ4v) is 7.40. The largest absolute Gasteiger partial charge is 0.360 e. The third kappa shape index (κ3) is 7.61. The molecule has 10 heteroatoms. The van der Waals surface area contributed by atoms with E-state index in [1.54, 1.807) is 12.4 Å². The van der Waals surface area contributed by atoms with Gasteiger partial charge in [-0.25, -0.2) is 0 Å². The summed E-state index contributed by atoms with van der Waals surface area (Å²) < 4.78 is 8.08. The molecule has 0 spiro atoms. The number of fused-ring (bicyclic) bond motifs is 2. The molecule has 0 bridgehead atoms. The van der Waals surface area contributed by atoms with Crippen LogP contribution in [0.25, 0.3) is 44.8 Å². The van der Waals surface area contributed by atoms with E-state index in [-0.39, 0.29) is 42.1 Å². The molecule has 0 radical (unpaired) electrons. The predicted octanol–water partition coefficient (Wildman–Crippen LogP) is 9.42. The summed E-state index contributed by atoms with van der Waals surface area (Å²) in [5.74, 6) is 0. The van der Waals surface area contributed by atoms with Crippen molar-refractivity contribution in [1.29, 1.82) is 0 Å². The molecule has 0 aliphatic heterocycles. The first kappa shape index (κ1) is 40.3. The molecule has 0 unspecified atom stereocenters. The number of benzene rings is 6. The maximum atomic E-state index is 4.78. The minimum absolute atomic E-state index is 0. The van der Waals surface area contributed by atoms with E-state index in [1.165, 1.54) is 0 Å². The number of anilines is 6. The molecule has 0 saturated carbocycles. The first-order chi connectivity index (χ1) is 28.6. The van der Waals surface area contributed by atoms with Crippen LogP contribution in [-0.4, -0.2) is 19.1 Å². The summed E-state index contributed by atoms with van der Waals surface area (Å²) in [4.78, 5) is 13.8. The number of aryl methyl sites for hydroxylation is 2. The van der Waals surface area contributed by atoms with Crippen molar-refractivity contribution in [3.63, 3.8) is 0 Å². The molecule has 0 aliphatic rings. The summed E-state index contributed by atoms with van der Waals surface area (Å²) in [6.07, 6.45) is 10.5. The zero-order valence-corrected chi connectivity index (χ0v) is 36.9. The molecule has 298 valence electrons. The Morgan fingerprint density at radius 2 is 0.800 bits per heavy atom. The minimum atomic E-state index is 0. The summed E-state index contributed by atoms with van der Waals surface area (Å²) in [5.41, 5.74) is 12.2. The van der Waals surface area contributed by atoms with E-state index in [1.807, 2.05) is 129 Å². The first-order valence-electron chi connectivity index (χ1n) is 18.9. The van der Waals surface area contributed by atoms with Gasteiger partial charge < -0.3 is 38.0 Å². The number of para-hydroxylation sites is 6. The van der Waals surface area contributed by atoms with E-state index in [2.05, 4.69) is 107 Å². The molecule has 0 N–H and O–H groups in total. The van der Waals surface area contributed by atoms with Crippen LogP contribution >= 0.6 is 0 Å². The second-order valence-electron chi connectivity index (χ2n) is 13.8. The van der Waals surface area contributed by atoms with Gasteiger partial charge in [0.1, 0.15) is 0 Å². The van der Waals surface area contributed by atoms with Crippen LogP contribution in [-0.2, 0) is 56.2 Å². The normalized spacial score (nSPS) is 10.9. The third-order valence-corrected chi connectivity index (χ3v) is 10.1. The predicted molar refractivity (Wildman–Crippen MR) is 226 cm³/mol. The van der Waals surface area contributed by atoms with Crippen LogP contribution in [0.1, 0.15) is 0 Å². The van der Waals surface area contributed by atoms with Crippen molar-refractivity contribution in [1.82, 2.24) is 19.1 Å². The van der Waals surface area contributed by atoms with Gasteiger partial charge in [-0.1, -0.05) is 119 Å². The van der Waals surface area contributed by atoms with E-state index in [9.17, 15) is 0 Å². The van der Waals surface area contributed by atoms with Crippen LogP contribution in [0.15, 0.2) is 170 Å². The van der Waals surface area contributed by atoms with Gasteiger partial charge in [-0.05, 0) is 36.7 Å². The van der Waals surface area contributed by atoms with Crippen LogP contribution in [0.3, 0.4) is 0 Å². The SMILES string of the molecule is Cn1[c-][n+](-c2[c-]c(N(c3[c-]c(-c4[c-]c(N(c5[c-]c(-[n+]6[c-]n(C)c7ccccc76)ccc5)c5ccccc5)ccn4)ncc3)c3ccccc3)ccc2)c2ccccc21.[Pt].[Pt]. The molecule has 0 atom stereocenters. The molecule has 10 aromatic rings. The van der Waals surface area contributed by atoms with E-state index in [4.69, 9.17) is 9.97 Å². The van der Waals surface area contributed by atoms with Gasteiger partial charge in [0.05, 0.1) is 36.2 Å². The first-order valence-corrected chi connectivity index (χ1v) is 18.9. The van der Waals surface area contributed by atoms with E-state index in [0.29, 0.717) is 11.4 Å². The molecule has 4 heterocycles. The molecule has 0 fully saturated rings. The molecule has 60 heavy (non-hydrogen) atoms. The number of pyridine rings is 2. The molecule has 6 aromatic carbocycles. The van der Waals surface area contributed by atoms with Crippen molar-refractivity contribution in [2.24, 2.45) is 14.1 Å². The second-order valence-corrected chi connectivity index (χ2v) is 13.8. The smallest absolute Gasteiger partial charge is 0.242 e. The quantitative estimate of drug-likeness (QED) is 0.107. The fourth-order valence-electron chi connectivity index (χ4n) is 7.40. The molecule has 0 saturated heterocycles. The second kappa shape index (κ2) is 17.4. The number of rotatable bonds is 9. The minimum Gasteiger partial charge on any atom is -0.360 e. The number of nitrogens with zero attached hydrogens (tertiary/aromatic N) is 8. The maximum Gasteiger partial charge on any atom is 0.242 e. The van der Waals surface area contributed by atoms with Gasteiger partial charge in [-0.3, -0.25) is 0 Å². The Morgan fingerprint density at radius 3 is 1.23 bits per heavy atom. The van der Waals surface area contributed by atoms with E-state index >= 15 is 0 Å². The van der Waals surface area contributed by atoms with Crippen molar-refractivity contribution in [2.45, 2.75) is 0 Å². The van der Waals surface area contributed by atoms with Crippen LogP contribution in [0.2, 0.25) is 0 Å². The van der Waals surface area contributed by atoms with Crippen molar-refractivity contribution < 1.29 is 51.3 Å². The van der Waals surface area contributed by atoms with Crippen molar-refractivity contribution >= 4 is 56.2 Å². The Labute approximate surface area is 377 Å². The molecule has 8 nitrogen and oxygen atoms in total. The van der Waals surface area contributed by atoms with Gasteiger partial charge in [-0.2, -0.15) is 48.5 Å². The Hall–Kier alpha value is -6.46. The van der Waals surface area contributed by atoms with E-state index < -0.39 is 0 Å². The van der Waals surface area contributed by atoms with Gasteiger partial charge >= 0.3 is 0 Å². The van der Waals surface area contributed by atoms with Crippen LogP contribution in [0, 0.1) is 36.9 Å².